The lowest BCUT2D eigenvalue weighted by molar-refractivity contribution is -0.157. The summed E-state index contributed by atoms with van der Waals surface area (Å²) in [5.41, 5.74) is 0. The second-order valence-corrected chi connectivity index (χ2v) is 7.49. The van der Waals surface area contributed by atoms with Gasteiger partial charge in [0.15, 0.2) is 0 Å². The number of amides is 2. The molecule has 0 spiro atoms. The quantitative estimate of drug-likeness (QED) is 0.791. The van der Waals surface area contributed by atoms with Crippen LogP contribution in [0.2, 0.25) is 0 Å². The minimum absolute atomic E-state index is 0.0468. The van der Waals surface area contributed by atoms with Crippen molar-refractivity contribution in [3.8, 4) is 0 Å². The zero-order chi connectivity index (χ0) is 16.4. The Balaban J connectivity index is 1.99. The summed E-state index contributed by atoms with van der Waals surface area (Å²) >= 11 is 1.54. The average molecular weight is 328 g/mol. The maximum absolute atomic E-state index is 12.5. The van der Waals surface area contributed by atoms with Crippen LogP contribution in [0.25, 0.3) is 0 Å². The van der Waals surface area contributed by atoms with Gasteiger partial charge in [-0.05, 0) is 25.7 Å². The van der Waals surface area contributed by atoms with E-state index in [0.29, 0.717) is 30.4 Å². The van der Waals surface area contributed by atoms with Gasteiger partial charge >= 0.3 is 5.97 Å². The molecule has 1 heterocycles. The van der Waals surface area contributed by atoms with E-state index in [-0.39, 0.29) is 17.9 Å². The summed E-state index contributed by atoms with van der Waals surface area (Å²) < 4.78 is 0. The first-order valence-electron chi connectivity index (χ1n) is 7.74. The molecular formula is C15H24N2O4S. The van der Waals surface area contributed by atoms with Crippen LogP contribution in [0.15, 0.2) is 0 Å². The van der Waals surface area contributed by atoms with Crippen LogP contribution in [-0.4, -0.2) is 51.5 Å². The Morgan fingerprint density at radius 2 is 1.82 bits per heavy atom. The fourth-order valence-electron chi connectivity index (χ4n) is 2.67. The van der Waals surface area contributed by atoms with Crippen molar-refractivity contribution < 1.29 is 19.5 Å². The molecule has 2 aliphatic rings. The molecule has 22 heavy (non-hydrogen) atoms. The van der Waals surface area contributed by atoms with Crippen molar-refractivity contribution in [3.63, 3.8) is 0 Å². The molecule has 4 unspecified atom stereocenters. The SMILES string of the molecule is CC(C)C(C)NC(=O)C1CSCN1C(=O)C1CCC1C(=O)O. The largest absolute Gasteiger partial charge is 0.481 e. The topological polar surface area (TPSA) is 86.7 Å². The number of nitrogens with one attached hydrogen (secondary N) is 1. The fourth-order valence-corrected chi connectivity index (χ4v) is 3.83. The van der Waals surface area contributed by atoms with Crippen LogP contribution in [0.1, 0.15) is 33.6 Å². The highest BCUT2D eigenvalue weighted by atomic mass is 32.2. The Morgan fingerprint density at radius 3 is 2.32 bits per heavy atom. The zero-order valence-electron chi connectivity index (χ0n) is 13.2. The number of hydrogen-bond donors (Lipinski definition) is 2. The zero-order valence-corrected chi connectivity index (χ0v) is 14.1. The van der Waals surface area contributed by atoms with Crippen LogP contribution in [0.3, 0.4) is 0 Å². The first-order chi connectivity index (χ1) is 10.3. The van der Waals surface area contributed by atoms with Crippen LogP contribution in [-0.2, 0) is 14.4 Å². The molecule has 2 rings (SSSR count). The molecule has 2 amide bonds. The molecule has 2 fully saturated rings. The van der Waals surface area contributed by atoms with Crippen LogP contribution in [0, 0.1) is 17.8 Å². The van der Waals surface area contributed by atoms with Gasteiger partial charge in [0.1, 0.15) is 6.04 Å². The lowest BCUT2D eigenvalue weighted by Crippen LogP contribution is -2.54. The Labute approximate surface area is 135 Å². The molecule has 124 valence electrons. The third kappa shape index (κ3) is 3.39. The Kier molecular flexibility index (Phi) is 5.36. The van der Waals surface area contributed by atoms with E-state index in [0.717, 1.165) is 0 Å². The molecule has 6 nitrogen and oxygen atoms in total. The lowest BCUT2D eigenvalue weighted by Gasteiger charge is -2.36. The predicted molar refractivity (Wildman–Crippen MR) is 84.3 cm³/mol. The van der Waals surface area contributed by atoms with Gasteiger partial charge in [-0.2, -0.15) is 0 Å². The highest BCUT2D eigenvalue weighted by molar-refractivity contribution is 7.99. The molecule has 1 aliphatic carbocycles. The molecule has 0 aromatic heterocycles. The van der Waals surface area contributed by atoms with E-state index in [9.17, 15) is 14.4 Å². The molecule has 0 aromatic carbocycles. The fraction of sp³-hybridized carbons (Fsp3) is 0.800. The van der Waals surface area contributed by atoms with E-state index in [1.165, 1.54) is 0 Å². The second-order valence-electron chi connectivity index (χ2n) is 6.49. The van der Waals surface area contributed by atoms with Crippen molar-refractivity contribution in [1.29, 1.82) is 0 Å². The van der Waals surface area contributed by atoms with Crippen LogP contribution in [0.4, 0.5) is 0 Å². The highest BCUT2D eigenvalue weighted by Gasteiger charge is 2.46. The van der Waals surface area contributed by atoms with Crippen molar-refractivity contribution in [2.75, 3.05) is 11.6 Å². The minimum Gasteiger partial charge on any atom is -0.481 e. The van der Waals surface area contributed by atoms with Crippen LogP contribution >= 0.6 is 11.8 Å². The van der Waals surface area contributed by atoms with Gasteiger partial charge in [-0.25, -0.2) is 0 Å². The number of carboxylic acids is 1. The van der Waals surface area contributed by atoms with Gasteiger partial charge in [-0.15, -0.1) is 11.8 Å². The molecule has 1 saturated heterocycles. The smallest absolute Gasteiger partial charge is 0.307 e. The van der Waals surface area contributed by atoms with Crippen molar-refractivity contribution in [2.45, 2.75) is 45.7 Å². The van der Waals surface area contributed by atoms with E-state index in [2.05, 4.69) is 5.32 Å². The summed E-state index contributed by atoms with van der Waals surface area (Å²) in [5.74, 6) is -0.906. The summed E-state index contributed by atoms with van der Waals surface area (Å²) in [6.45, 7) is 6.01. The third-order valence-electron chi connectivity index (χ3n) is 4.75. The minimum atomic E-state index is -0.911. The van der Waals surface area contributed by atoms with Gasteiger partial charge in [0.2, 0.25) is 11.8 Å². The van der Waals surface area contributed by atoms with Gasteiger partial charge in [0, 0.05) is 11.8 Å². The Hall–Kier alpha value is -1.24. The molecule has 0 radical (unpaired) electrons. The molecule has 1 saturated carbocycles. The molecule has 7 heteroatoms. The number of carboxylic acid groups (broad SMARTS) is 1. The molecule has 0 aromatic rings. The number of hydrogen-bond acceptors (Lipinski definition) is 4. The molecular weight excluding hydrogens is 304 g/mol. The first-order valence-corrected chi connectivity index (χ1v) is 8.89. The van der Waals surface area contributed by atoms with Gasteiger partial charge in [0.25, 0.3) is 0 Å². The normalized spacial score (nSPS) is 29.1. The molecule has 1 aliphatic heterocycles. The van der Waals surface area contributed by atoms with Gasteiger partial charge in [-0.1, -0.05) is 13.8 Å². The number of nitrogens with zero attached hydrogens (tertiary/aromatic N) is 1. The van der Waals surface area contributed by atoms with E-state index in [1.54, 1.807) is 16.7 Å². The summed E-state index contributed by atoms with van der Waals surface area (Å²) in [4.78, 5) is 37.6. The van der Waals surface area contributed by atoms with Gasteiger partial charge in [0.05, 0.1) is 17.7 Å². The highest BCUT2D eigenvalue weighted by Crippen LogP contribution is 2.37. The maximum atomic E-state index is 12.5. The van der Waals surface area contributed by atoms with E-state index in [4.69, 9.17) is 5.11 Å². The van der Waals surface area contributed by atoms with E-state index >= 15 is 0 Å². The number of carbonyl (C=O) groups excluding carboxylic acids is 2. The maximum Gasteiger partial charge on any atom is 0.307 e. The standard InChI is InChI=1S/C15H24N2O4S/c1-8(2)9(3)16-13(18)12-6-22-7-17(12)14(19)10-4-5-11(10)15(20)21/h8-12H,4-7H2,1-3H3,(H,16,18)(H,20,21). The van der Waals surface area contributed by atoms with Gasteiger partial charge in [-0.3, -0.25) is 14.4 Å². The Morgan fingerprint density at radius 1 is 1.18 bits per heavy atom. The van der Waals surface area contributed by atoms with E-state index < -0.39 is 23.8 Å². The number of carbonyl (C=O) groups is 3. The van der Waals surface area contributed by atoms with Crippen LogP contribution < -0.4 is 5.32 Å². The first kappa shape index (κ1) is 17.1. The summed E-state index contributed by atoms with van der Waals surface area (Å²) in [5, 5.41) is 12.0. The molecule has 4 atom stereocenters. The van der Waals surface area contributed by atoms with Crippen molar-refractivity contribution in [1.82, 2.24) is 10.2 Å². The van der Waals surface area contributed by atoms with Crippen molar-refractivity contribution >= 4 is 29.5 Å². The molecule has 2 N–H and O–H groups in total. The van der Waals surface area contributed by atoms with Crippen LogP contribution in [0.5, 0.6) is 0 Å². The van der Waals surface area contributed by atoms with Crippen molar-refractivity contribution in [2.24, 2.45) is 17.8 Å². The average Bonchev–Trinajstić information content (AvgIpc) is 2.85. The Bertz CT molecular complexity index is 468. The summed E-state index contributed by atoms with van der Waals surface area (Å²) in [6, 6.07) is -0.431. The predicted octanol–water partition coefficient (Wildman–Crippen LogP) is 1.16. The second kappa shape index (κ2) is 6.89. The van der Waals surface area contributed by atoms with Crippen molar-refractivity contribution in [3.05, 3.63) is 0 Å². The number of thioether (sulfide) groups is 1. The number of aliphatic carboxylic acids is 1. The molecule has 0 bridgehead atoms. The summed E-state index contributed by atoms with van der Waals surface area (Å²) in [7, 11) is 0. The van der Waals surface area contributed by atoms with Gasteiger partial charge < -0.3 is 15.3 Å². The monoisotopic (exact) mass is 328 g/mol. The number of rotatable bonds is 5. The lowest BCUT2D eigenvalue weighted by atomic mass is 9.73. The van der Waals surface area contributed by atoms with E-state index in [1.807, 2.05) is 20.8 Å². The third-order valence-corrected chi connectivity index (χ3v) is 5.76. The summed E-state index contributed by atoms with van der Waals surface area (Å²) in [6.07, 6.45) is 1.15.